The van der Waals surface area contributed by atoms with E-state index in [0.717, 1.165) is 66.5 Å². The summed E-state index contributed by atoms with van der Waals surface area (Å²) in [5.74, 6) is 1.14. The zero-order valence-electron chi connectivity index (χ0n) is 18.5. The lowest BCUT2D eigenvalue weighted by Crippen LogP contribution is -1.95. The average molecular weight is 442 g/mol. The Balaban J connectivity index is 1.52. The smallest absolute Gasteiger partial charge is 0.228 e. The summed E-state index contributed by atoms with van der Waals surface area (Å²) in [6, 6.07) is 23.7. The van der Waals surface area contributed by atoms with Crippen LogP contribution in [-0.2, 0) is 0 Å². The van der Waals surface area contributed by atoms with Crippen LogP contribution >= 0.6 is 0 Å². The molecule has 0 radical (unpaired) electrons. The molecule has 0 bridgehead atoms. The van der Waals surface area contributed by atoms with Gasteiger partial charge in [-0.3, -0.25) is 9.97 Å². The fourth-order valence-electron chi connectivity index (χ4n) is 4.56. The summed E-state index contributed by atoms with van der Waals surface area (Å²) < 4.78 is 12.2. The molecule has 3 aromatic carbocycles. The minimum absolute atomic E-state index is 0.572. The molecular weight excluding hydrogens is 424 g/mol. The molecule has 0 aliphatic heterocycles. The maximum absolute atomic E-state index is 6.10. The standard InChI is InChI=1S/C28H18N4O2/c1-15-13-19(27-31-21-7-3-5-9-23(21)33-27)17-11-12-18-20(14-16(2)30-26(18)25(17)29-15)28-32-22-8-4-6-10-24(22)34-28/h3-14H,1-2H3. The Bertz CT molecular complexity index is 1690. The summed E-state index contributed by atoms with van der Waals surface area (Å²) in [5.41, 5.74) is 8.29. The Kier molecular flexibility index (Phi) is 3.88. The van der Waals surface area contributed by atoms with Gasteiger partial charge in [0.1, 0.15) is 11.0 Å². The first-order valence-corrected chi connectivity index (χ1v) is 11.1. The van der Waals surface area contributed by atoms with E-state index in [-0.39, 0.29) is 0 Å². The van der Waals surface area contributed by atoms with Gasteiger partial charge in [-0.15, -0.1) is 0 Å². The lowest BCUT2D eigenvalue weighted by atomic mass is 10.0. The summed E-state index contributed by atoms with van der Waals surface area (Å²) in [5, 5.41) is 1.87. The van der Waals surface area contributed by atoms with E-state index in [9.17, 15) is 0 Å². The number of fused-ring (bicyclic) bond motifs is 5. The monoisotopic (exact) mass is 442 g/mol. The van der Waals surface area contributed by atoms with Gasteiger partial charge in [0.15, 0.2) is 11.2 Å². The third kappa shape index (κ3) is 2.82. The van der Waals surface area contributed by atoms with Crippen LogP contribution in [0.1, 0.15) is 11.4 Å². The zero-order chi connectivity index (χ0) is 22.8. The van der Waals surface area contributed by atoms with E-state index in [1.54, 1.807) is 0 Å². The molecule has 0 unspecified atom stereocenters. The number of nitrogens with zero attached hydrogens (tertiary/aromatic N) is 4. The van der Waals surface area contributed by atoms with Crippen molar-refractivity contribution in [1.29, 1.82) is 0 Å². The highest BCUT2D eigenvalue weighted by Crippen LogP contribution is 2.37. The summed E-state index contributed by atoms with van der Waals surface area (Å²) in [6.45, 7) is 3.95. The summed E-state index contributed by atoms with van der Waals surface area (Å²) in [6.07, 6.45) is 0. The van der Waals surface area contributed by atoms with Gasteiger partial charge < -0.3 is 8.83 Å². The lowest BCUT2D eigenvalue weighted by molar-refractivity contribution is 0.620. The van der Waals surface area contributed by atoms with Gasteiger partial charge in [-0.25, -0.2) is 9.97 Å². The molecule has 0 atom stereocenters. The maximum atomic E-state index is 6.10. The van der Waals surface area contributed by atoms with Crippen molar-refractivity contribution in [3.63, 3.8) is 0 Å². The highest BCUT2D eigenvalue weighted by atomic mass is 16.4. The molecule has 0 aliphatic rings. The van der Waals surface area contributed by atoms with Crippen LogP contribution in [0.4, 0.5) is 0 Å². The summed E-state index contributed by atoms with van der Waals surface area (Å²) in [4.78, 5) is 19.2. The fourth-order valence-corrected chi connectivity index (χ4v) is 4.56. The van der Waals surface area contributed by atoms with Crippen molar-refractivity contribution in [2.75, 3.05) is 0 Å². The molecule has 4 heterocycles. The van der Waals surface area contributed by atoms with E-state index in [1.807, 2.05) is 74.5 Å². The van der Waals surface area contributed by atoms with Gasteiger partial charge in [-0.05, 0) is 50.2 Å². The van der Waals surface area contributed by atoms with E-state index >= 15 is 0 Å². The Morgan fingerprint density at radius 3 is 1.41 bits per heavy atom. The Morgan fingerprint density at radius 1 is 0.529 bits per heavy atom. The van der Waals surface area contributed by atoms with Crippen LogP contribution in [0.3, 0.4) is 0 Å². The Hall–Kier alpha value is -4.58. The van der Waals surface area contributed by atoms with Crippen LogP contribution in [0.25, 0.3) is 66.9 Å². The number of hydrogen-bond acceptors (Lipinski definition) is 6. The van der Waals surface area contributed by atoms with Crippen molar-refractivity contribution >= 4 is 44.0 Å². The molecule has 0 saturated carbocycles. The van der Waals surface area contributed by atoms with Gasteiger partial charge in [0, 0.05) is 33.3 Å². The number of para-hydroxylation sites is 4. The minimum atomic E-state index is 0.572. The molecule has 4 aromatic heterocycles. The molecule has 0 aliphatic carbocycles. The third-order valence-electron chi connectivity index (χ3n) is 6.06. The van der Waals surface area contributed by atoms with Gasteiger partial charge in [0.2, 0.25) is 11.8 Å². The van der Waals surface area contributed by atoms with Gasteiger partial charge in [-0.2, -0.15) is 0 Å². The number of rotatable bonds is 2. The van der Waals surface area contributed by atoms with Crippen LogP contribution in [0.15, 0.2) is 81.6 Å². The molecule has 6 heteroatoms. The van der Waals surface area contributed by atoms with Crippen molar-refractivity contribution in [3.8, 4) is 22.9 Å². The number of pyridine rings is 2. The molecular formula is C28H18N4O2. The second-order valence-corrected chi connectivity index (χ2v) is 8.45. The Morgan fingerprint density at radius 2 is 0.971 bits per heavy atom. The van der Waals surface area contributed by atoms with E-state index in [4.69, 9.17) is 28.8 Å². The number of hydrogen-bond donors (Lipinski definition) is 0. The summed E-state index contributed by atoms with van der Waals surface area (Å²) in [7, 11) is 0. The first-order valence-electron chi connectivity index (χ1n) is 11.1. The second-order valence-electron chi connectivity index (χ2n) is 8.45. The molecule has 162 valence electrons. The van der Waals surface area contributed by atoms with Crippen LogP contribution in [0.5, 0.6) is 0 Å². The molecule has 7 aromatic rings. The quantitative estimate of drug-likeness (QED) is 0.268. The maximum Gasteiger partial charge on any atom is 0.228 e. The van der Waals surface area contributed by atoms with E-state index in [0.29, 0.717) is 11.8 Å². The van der Waals surface area contributed by atoms with Crippen LogP contribution in [0, 0.1) is 13.8 Å². The molecule has 0 fully saturated rings. The highest BCUT2D eigenvalue weighted by molar-refractivity contribution is 6.11. The first-order chi connectivity index (χ1) is 16.6. The minimum Gasteiger partial charge on any atom is -0.436 e. The fraction of sp³-hybridized carbons (Fsp3) is 0.0714. The van der Waals surface area contributed by atoms with Gasteiger partial charge in [0.25, 0.3) is 0 Å². The average Bonchev–Trinajstić information content (AvgIpc) is 3.47. The highest BCUT2D eigenvalue weighted by Gasteiger charge is 2.19. The van der Waals surface area contributed by atoms with Crippen LogP contribution in [0.2, 0.25) is 0 Å². The van der Waals surface area contributed by atoms with Crippen molar-refractivity contribution < 1.29 is 8.83 Å². The lowest BCUT2D eigenvalue weighted by Gasteiger charge is -2.10. The van der Waals surface area contributed by atoms with Crippen molar-refractivity contribution in [2.24, 2.45) is 0 Å². The van der Waals surface area contributed by atoms with Crippen molar-refractivity contribution in [3.05, 3.63) is 84.2 Å². The predicted octanol–water partition coefficient (Wildman–Crippen LogP) is 7.02. The number of oxazole rings is 2. The molecule has 6 nitrogen and oxygen atoms in total. The normalized spacial score (nSPS) is 11.8. The SMILES string of the molecule is Cc1cc(-c2nc3ccccc3o2)c2ccc3c(-c4nc5ccccc5o4)cc(C)nc3c2n1. The molecule has 0 N–H and O–H groups in total. The molecule has 34 heavy (non-hydrogen) atoms. The van der Waals surface area contributed by atoms with E-state index in [1.165, 1.54) is 0 Å². The second kappa shape index (κ2) is 6.96. The Labute approximate surface area is 193 Å². The van der Waals surface area contributed by atoms with Crippen LogP contribution < -0.4 is 0 Å². The molecule has 7 rings (SSSR count). The number of aromatic nitrogens is 4. The number of aryl methyl sites for hydroxylation is 2. The molecule has 0 spiro atoms. The van der Waals surface area contributed by atoms with E-state index < -0.39 is 0 Å². The first kappa shape index (κ1) is 18.9. The van der Waals surface area contributed by atoms with Gasteiger partial charge >= 0.3 is 0 Å². The zero-order valence-corrected chi connectivity index (χ0v) is 18.5. The van der Waals surface area contributed by atoms with Crippen LogP contribution in [-0.4, -0.2) is 19.9 Å². The van der Waals surface area contributed by atoms with E-state index in [2.05, 4.69) is 12.1 Å². The van der Waals surface area contributed by atoms with Crippen molar-refractivity contribution in [1.82, 2.24) is 19.9 Å². The largest absolute Gasteiger partial charge is 0.436 e. The third-order valence-corrected chi connectivity index (χ3v) is 6.06. The van der Waals surface area contributed by atoms with Crippen molar-refractivity contribution in [2.45, 2.75) is 13.8 Å². The van der Waals surface area contributed by atoms with Gasteiger partial charge in [0.05, 0.1) is 11.0 Å². The number of benzene rings is 3. The van der Waals surface area contributed by atoms with Gasteiger partial charge in [-0.1, -0.05) is 36.4 Å². The topological polar surface area (TPSA) is 77.8 Å². The molecule has 0 amide bonds. The predicted molar refractivity (Wildman–Crippen MR) is 133 cm³/mol. The molecule has 0 saturated heterocycles. The summed E-state index contributed by atoms with van der Waals surface area (Å²) >= 11 is 0.